The van der Waals surface area contributed by atoms with E-state index >= 15 is 0 Å². The summed E-state index contributed by atoms with van der Waals surface area (Å²) in [6.07, 6.45) is 9.98. The molecule has 0 aliphatic heterocycles. The van der Waals surface area contributed by atoms with Crippen LogP contribution >= 0.6 is 0 Å². The normalized spacial score (nSPS) is 15.0. The van der Waals surface area contributed by atoms with Crippen molar-refractivity contribution in [1.29, 1.82) is 0 Å². The summed E-state index contributed by atoms with van der Waals surface area (Å²) < 4.78 is 30.5. The Kier molecular flexibility index (Phi) is 7.60. The maximum absolute atomic E-state index is 13.2. The van der Waals surface area contributed by atoms with Gasteiger partial charge in [-0.15, -0.1) is 0 Å². The Bertz CT molecular complexity index is 1270. The first kappa shape index (κ1) is 24.6. The van der Waals surface area contributed by atoms with Gasteiger partial charge in [0.25, 0.3) is 0 Å². The number of esters is 1. The van der Waals surface area contributed by atoms with Crippen molar-refractivity contribution < 1.29 is 22.7 Å². The van der Waals surface area contributed by atoms with Crippen molar-refractivity contribution in [1.82, 2.24) is 14.8 Å². The highest BCUT2D eigenvalue weighted by Crippen LogP contribution is 2.32. The number of rotatable bonds is 9. The fourth-order valence-electron chi connectivity index (χ4n) is 4.18. The van der Waals surface area contributed by atoms with Crippen LogP contribution in [0.3, 0.4) is 0 Å². The number of benzene rings is 1. The number of ether oxygens (including phenoxy) is 1. The van der Waals surface area contributed by atoms with Gasteiger partial charge in [-0.05, 0) is 30.0 Å². The molecule has 1 atom stereocenters. The average molecular weight is 497 g/mol. The van der Waals surface area contributed by atoms with Crippen molar-refractivity contribution in [3.8, 4) is 0 Å². The van der Waals surface area contributed by atoms with E-state index < -0.39 is 21.8 Å². The topological polar surface area (TPSA) is 120 Å². The van der Waals surface area contributed by atoms with E-state index in [1.165, 1.54) is 35.4 Å². The van der Waals surface area contributed by atoms with Crippen LogP contribution in [0.5, 0.6) is 0 Å². The molecule has 10 heteroatoms. The SMILES string of the molecule is CS(=O)(=O)c1cnn([C@@H](CC2CCCC2)C(=O)Nc2ccc(C(=O)OCc3ccccc3)cn2)c1. The quantitative estimate of drug-likeness (QED) is 0.447. The molecule has 1 fully saturated rings. The van der Waals surface area contributed by atoms with Gasteiger partial charge in [0, 0.05) is 18.6 Å². The lowest BCUT2D eigenvalue weighted by molar-refractivity contribution is -0.120. The van der Waals surface area contributed by atoms with Gasteiger partial charge in [0.15, 0.2) is 9.84 Å². The number of carbonyl (C=O) groups is 2. The molecule has 1 aromatic carbocycles. The Hall–Kier alpha value is -3.53. The molecule has 184 valence electrons. The van der Waals surface area contributed by atoms with E-state index in [4.69, 9.17) is 4.74 Å². The smallest absolute Gasteiger partial charge is 0.340 e. The second-order valence-corrected chi connectivity index (χ2v) is 10.8. The monoisotopic (exact) mass is 496 g/mol. The first-order valence-electron chi connectivity index (χ1n) is 11.5. The maximum atomic E-state index is 13.2. The van der Waals surface area contributed by atoms with Gasteiger partial charge in [0.05, 0.1) is 11.8 Å². The van der Waals surface area contributed by atoms with Gasteiger partial charge in [-0.2, -0.15) is 5.10 Å². The maximum Gasteiger partial charge on any atom is 0.340 e. The van der Waals surface area contributed by atoms with Crippen molar-refractivity contribution in [2.45, 2.75) is 49.6 Å². The molecule has 0 radical (unpaired) electrons. The summed E-state index contributed by atoms with van der Waals surface area (Å²) in [6.45, 7) is 0.153. The van der Waals surface area contributed by atoms with Gasteiger partial charge < -0.3 is 10.1 Å². The van der Waals surface area contributed by atoms with Crippen molar-refractivity contribution in [2.24, 2.45) is 5.92 Å². The zero-order chi connectivity index (χ0) is 24.8. The number of sulfone groups is 1. The van der Waals surface area contributed by atoms with Crippen molar-refractivity contribution in [3.63, 3.8) is 0 Å². The van der Waals surface area contributed by atoms with E-state index in [1.807, 2.05) is 30.3 Å². The number of hydrogen-bond acceptors (Lipinski definition) is 7. The highest BCUT2D eigenvalue weighted by molar-refractivity contribution is 7.90. The summed E-state index contributed by atoms with van der Waals surface area (Å²) in [6, 6.07) is 11.8. The Balaban J connectivity index is 1.43. The third-order valence-electron chi connectivity index (χ3n) is 6.12. The minimum atomic E-state index is -3.43. The molecule has 4 rings (SSSR count). The van der Waals surface area contributed by atoms with Gasteiger partial charge in [0.1, 0.15) is 23.4 Å². The second-order valence-electron chi connectivity index (χ2n) is 8.81. The zero-order valence-electron chi connectivity index (χ0n) is 19.5. The van der Waals surface area contributed by atoms with E-state index in [0.29, 0.717) is 12.3 Å². The van der Waals surface area contributed by atoms with Crippen LogP contribution in [0.15, 0.2) is 66.0 Å². The largest absolute Gasteiger partial charge is 0.457 e. The molecule has 0 unspecified atom stereocenters. The molecule has 2 aromatic heterocycles. The van der Waals surface area contributed by atoms with Crippen LogP contribution < -0.4 is 5.32 Å². The molecule has 1 aliphatic carbocycles. The molecule has 1 aliphatic rings. The summed E-state index contributed by atoms with van der Waals surface area (Å²) in [5.41, 5.74) is 1.15. The number of anilines is 1. The molecule has 0 bridgehead atoms. The Morgan fingerprint density at radius 2 is 1.86 bits per heavy atom. The summed E-state index contributed by atoms with van der Waals surface area (Å²) in [5, 5.41) is 6.94. The number of pyridine rings is 1. The standard InChI is InChI=1S/C25H28N4O5S/c1-35(32,33)21-15-27-29(16-21)22(13-18-7-5-6-8-18)24(30)28-23-12-11-20(14-26-23)25(31)34-17-19-9-3-2-4-10-19/h2-4,9-12,14-16,18,22H,5-8,13,17H2,1H3,(H,26,28,30)/t22-/m0/s1. The molecule has 3 aromatic rings. The number of amides is 1. The molecule has 9 nitrogen and oxygen atoms in total. The fourth-order valence-corrected chi connectivity index (χ4v) is 4.72. The molecule has 0 spiro atoms. The number of aromatic nitrogens is 3. The molecular formula is C25H28N4O5S. The van der Waals surface area contributed by atoms with Gasteiger partial charge in [-0.3, -0.25) is 9.48 Å². The molecular weight excluding hydrogens is 468 g/mol. The minimum Gasteiger partial charge on any atom is -0.457 e. The van der Waals surface area contributed by atoms with E-state index in [-0.39, 0.29) is 28.8 Å². The van der Waals surface area contributed by atoms with Gasteiger partial charge in [-0.25, -0.2) is 18.2 Å². The third-order valence-corrected chi connectivity index (χ3v) is 7.19. The van der Waals surface area contributed by atoms with Gasteiger partial charge in [-0.1, -0.05) is 56.0 Å². The van der Waals surface area contributed by atoms with Crippen LogP contribution in [-0.4, -0.2) is 41.3 Å². The van der Waals surface area contributed by atoms with E-state index in [9.17, 15) is 18.0 Å². The first-order valence-corrected chi connectivity index (χ1v) is 13.4. The molecule has 0 saturated heterocycles. The highest BCUT2D eigenvalue weighted by Gasteiger charge is 2.28. The molecule has 35 heavy (non-hydrogen) atoms. The predicted octanol–water partition coefficient (Wildman–Crippen LogP) is 3.80. The van der Waals surface area contributed by atoms with Crippen LogP contribution in [0, 0.1) is 5.92 Å². The van der Waals surface area contributed by atoms with Crippen molar-refractivity contribution >= 4 is 27.5 Å². The number of nitrogens with zero attached hydrogens (tertiary/aromatic N) is 3. The van der Waals surface area contributed by atoms with Crippen molar-refractivity contribution in [2.75, 3.05) is 11.6 Å². The summed E-state index contributed by atoms with van der Waals surface area (Å²) >= 11 is 0. The lowest BCUT2D eigenvalue weighted by Gasteiger charge is -2.20. The zero-order valence-corrected chi connectivity index (χ0v) is 20.3. The van der Waals surface area contributed by atoms with Crippen LogP contribution in [0.25, 0.3) is 0 Å². The minimum absolute atomic E-state index is 0.0678. The molecule has 1 saturated carbocycles. The molecule has 1 amide bonds. The van der Waals surface area contributed by atoms with E-state index in [2.05, 4.69) is 15.4 Å². The lowest BCUT2D eigenvalue weighted by atomic mass is 9.98. The first-order chi connectivity index (χ1) is 16.8. The van der Waals surface area contributed by atoms with Crippen molar-refractivity contribution in [3.05, 3.63) is 72.2 Å². The van der Waals surface area contributed by atoms with Crippen LogP contribution in [0.2, 0.25) is 0 Å². The third kappa shape index (κ3) is 6.54. The van der Waals surface area contributed by atoms with Crippen LogP contribution in [-0.2, 0) is 26.0 Å². The Morgan fingerprint density at radius 1 is 1.11 bits per heavy atom. The predicted molar refractivity (Wildman–Crippen MR) is 129 cm³/mol. The van der Waals surface area contributed by atoms with Crippen LogP contribution in [0.4, 0.5) is 5.82 Å². The molecule has 1 N–H and O–H groups in total. The summed E-state index contributed by atoms with van der Waals surface area (Å²) in [7, 11) is -3.43. The fraction of sp³-hybridized carbons (Fsp3) is 0.360. The Morgan fingerprint density at radius 3 is 2.49 bits per heavy atom. The van der Waals surface area contributed by atoms with Gasteiger partial charge >= 0.3 is 5.97 Å². The van der Waals surface area contributed by atoms with E-state index in [1.54, 1.807) is 0 Å². The lowest BCUT2D eigenvalue weighted by Crippen LogP contribution is -2.28. The summed E-state index contributed by atoms with van der Waals surface area (Å²) in [4.78, 5) is 29.8. The number of nitrogens with one attached hydrogen (secondary N) is 1. The second kappa shape index (κ2) is 10.8. The molecule has 2 heterocycles. The number of carbonyl (C=O) groups excluding carboxylic acids is 2. The summed E-state index contributed by atoms with van der Waals surface area (Å²) in [5.74, 6) is -0.206. The number of hydrogen-bond donors (Lipinski definition) is 1. The highest BCUT2D eigenvalue weighted by atomic mass is 32.2. The van der Waals surface area contributed by atoms with Crippen LogP contribution in [0.1, 0.15) is 54.1 Å². The van der Waals surface area contributed by atoms with E-state index in [0.717, 1.165) is 37.5 Å². The average Bonchev–Trinajstić information content (AvgIpc) is 3.54. The Labute approximate surface area is 204 Å². The van der Waals surface area contributed by atoms with Gasteiger partial charge in [0.2, 0.25) is 5.91 Å².